The van der Waals surface area contributed by atoms with Crippen molar-refractivity contribution in [3.05, 3.63) is 12.2 Å². The molecule has 0 aromatic rings. The number of carboxylic acids is 1. The summed E-state index contributed by atoms with van der Waals surface area (Å²) in [5.41, 5.74) is 0.361. The molecule has 2 heteroatoms. The molecule has 0 rings (SSSR count). The molecule has 0 amide bonds. The molecule has 208 valence electrons. The Kier molecular flexibility index (Phi) is 28.8. The van der Waals surface area contributed by atoms with Crippen molar-refractivity contribution in [2.24, 2.45) is 0 Å². The zero-order chi connectivity index (χ0) is 25.7. The molecule has 1 N–H and O–H groups in total. The van der Waals surface area contributed by atoms with Gasteiger partial charge in [0.2, 0.25) is 0 Å². The first kappa shape index (κ1) is 34.2. The Hall–Kier alpha value is -0.790. The van der Waals surface area contributed by atoms with Gasteiger partial charge in [-0.25, -0.2) is 4.79 Å². The molecule has 2 nitrogen and oxygen atoms in total. The van der Waals surface area contributed by atoms with Gasteiger partial charge in [0, 0.05) is 5.57 Å². The molecule has 35 heavy (non-hydrogen) atoms. The van der Waals surface area contributed by atoms with Crippen LogP contribution < -0.4 is 0 Å². The number of hydrogen-bond donors (Lipinski definition) is 1. The lowest BCUT2D eigenvalue weighted by Crippen LogP contribution is -1.98. The van der Waals surface area contributed by atoms with Crippen LogP contribution in [0.3, 0.4) is 0 Å². The van der Waals surface area contributed by atoms with E-state index in [9.17, 15) is 4.79 Å². The number of carbonyl (C=O) groups is 1. The molecule has 0 fully saturated rings. The predicted molar refractivity (Wildman–Crippen MR) is 156 cm³/mol. The highest BCUT2D eigenvalue weighted by Crippen LogP contribution is 2.16. The van der Waals surface area contributed by atoms with Crippen molar-refractivity contribution < 1.29 is 9.90 Å². The second kappa shape index (κ2) is 29.4. The number of hydrogen-bond acceptors (Lipinski definition) is 1. The minimum Gasteiger partial charge on any atom is -0.478 e. The van der Waals surface area contributed by atoms with E-state index in [0.717, 1.165) is 12.8 Å². The molecule has 0 heterocycles. The summed E-state index contributed by atoms with van der Waals surface area (Å²) in [5.74, 6) is -0.838. The molecule has 0 saturated carbocycles. The largest absolute Gasteiger partial charge is 0.478 e. The molecule has 0 saturated heterocycles. The molecular weight excluding hydrogens is 428 g/mol. The van der Waals surface area contributed by atoms with Crippen LogP contribution in [0.1, 0.15) is 193 Å². The Morgan fingerprint density at radius 1 is 0.429 bits per heavy atom. The quantitative estimate of drug-likeness (QED) is 0.0799. The predicted octanol–water partition coefficient (Wildman–Crippen LogP) is 12.0. The Bertz CT molecular complexity index is 442. The van der Waals surface area contributed by atoms with E-state index in [-0.39, 0.29) is 0 Å². The van der Waals surface area contributed by atoms with E-state index >= 15 is 0 Å². The summed E-state index contributed by atoms with van der Waals surface area (Å²) in [7, 11) is 0. The van der Waals surface area contributed by atoms with Crippen LogP contribution in [-0.4, -0.2) is 11.1 Å². The molecule has 0 spiro atoms. The molecule has 0 aromatic carbocycles. The van der Waals surface area contributed by atoms with E-state index in [1.807, 2.05) is 0 Å². The normalized spacial score (nSPS) is 11.2. The van der Waals surface area contributed by atoms with Crippen molar-refractivity contribution in [1.82, 2.24) is 0 Å². The average Bonchev–Trinajstić information content (AvgIpc) is 2.85. The molecular formula is C33H64O2. The van der Waals surface area contributed by atoms with Crippen LogP contribution in [0.15, 0.2) is 12.2 Å². The average molecular weight is 493 g/mol. The molecule has 0 aromatic heterocycles. The maximum absolute atomic E-state index is 10.7. The van der Waals surface area contributed by atoms with E-state index in [2.05, 4.69) is 13.5 Å². The lowest BCUT2D eigenvalue weighted by atomic mass is 10.0. The van der Waals surface area contributed by atoms with Gasteiger partial charge in [-0.05, 0) is 12.8 Å². The topological polar surface area (TPSA) is 37.3 Å². The van der Waals surface area contributed by atoms with Crippen LogP contribution in [-0.2, 0) is 4.79 Å². The number of unbranched alkanes of at least 4 members (excludes halogenated alkanes) is 27. The zero-order valence-electron chi connectivity index (χ0n) is 24.1. The molecule has 0 bridgehead atoms. The van der Waals surface area contributed by atoms with Crippen molar-refractivity contribution >= 4 is 5.97 Å². The van der Waals surface area contributed by atoms with Crippen LogP contribution in [0.5, 0.6) is 0 Å². The smallest absolute Gasteiger partial charge is 0.330 e. The summed E-state index contributed by atoms with van der Waals surface area (Å²) in [6.45, 7) is 5.89. The fourth-order valence-corrected chi connectivity index (χ4v) is 5.11. The highest BCUT2D eigenvalue weighted by atomic mass is 16.4. The van der Waals surface area contributed by atoms with Gasteiger partial charge in [-0.2, -0.15) is 0 Å². The number of aliphatic carboxylic acids is 1. The van der Waals surface area contributed by atoms with Crippen LogP contribution >= 0.6 is 0 Å². The molecule has 0 atom stereocenters. The number of carboxylic acid groups (broad SMARTS) is 1. The van der Waals surface area contributed by atoms with Crippen molar-refractivity contribution in [3.63, 3.8) is 0 Å². The van der Waals surface area contributed by atoms with E-state index in [4.69, 9.17) is 5.11 Å². The zero-order valence-corrected chi connectivity index (χ0v) is 24.1. The fourth-order valence-electron chi connectivity index (χ4n) is 5.11. The lowest BCUT2D eigenvalue weighted by Gasteiger charge is -2.04. The van der Waals surface area contributed by atoms with Crippen LogP contribution in [0.4, 0.5) is 0 Å². The minimum atomic E-state index is -0.838. The Morgan fingerprint density at radius 2 is 0.629 bits per heavy atom. The van der Waals surface area contributed by atoms with E-state index in [0.29, 0.717) is 12.0 Å². The van der Waals surface area contributed by atoms with Crippen LogP contribution in [0.2, 0.25) is 0 Å². The summed E-state index contributed by atoms with van der Waals surface area (Å²) in [6, 6.07) is 0. The maximum atomic E-state index is 10.7. The number of rotatable bonds is 30. The third-order valence-electron chi connectivity index (χ3n) is 7.63. The van der Waals surface area contributed by atoms with Crippen molar-refractivity contribution in [1.29, 1.82) is 0 Å². The lowest BCUT2D eigenvalue weighted by molar-refractivity contribution is -0.132. The summed E-state index contributed by atoms with van der Waals surface area (Å²) in [6.07, 6.45) is 40.0. The SMILES string of the molecule is C=C(CCCCCCCCCCCCCCCCCCCCCCCCCCCCCC)C(=O)O. The van der Waals surface area contributed by atoms with E-state index in [1.54, 1.807) is 0 Å². The van der Waals surface area contributed by atoms with Gasteiger partial charge >= 0.3 is 5.97 Å². The highest BCUT2D eigenvalue weighted by molar-refractivity contribution is 5.85. The van der Waals surface area contributed by atoms with Crippen LogP contribution in [0, 0.1) is 0 Å². The maximum Gasteiger partial charge on any atom is 0.330 e. The van der Waals surface area contributed by atoms with Gasteiger partial charge in [-0.3, -0.25) is 0 Å². The highest BCUT2D eigenvalue weighted by Gasteiger charge is 2.02. The Balaban J connectivity index is 3.05. The van der Waals surface area contributed by atoms with Gasteiger partial charge in [0.25, 0.3) is 0 Å². The third-order valence-corrected chi connectivity index (χ3v) is 7.63. The summed E-state index contributed by atoms with van der Waals surface area (Å²) in [4.78, 5) is 10.7. The second-order valence-corrected chi connectivity index (χ2v) is 11.2. The van der Waals surface area contributed by atoms with Crippen molar-refractivity contribution in [3.8, 4) is 0 Å². The second-order valence-electron chi connectivity index (χ2n) is 11.2. The fraction of sp³-hybridized carbons (Fsp3) is 0.909. The van der Waals surface area contributed by atoms with Gasteiger partial charge in [-0.1, -0.05) is 187 Å². The summed E-state index contributed by atoms with van der Waals surface area (Å²) >= 11 is 0. The minimum absolute atomic E-state index is 0.361. The van der Waals surface area contributed by atoms with Gasteiger partial charge in [0.1, 0.15) is 0 Å². The molecule has 0 radical (unpaired) electrons. The third kappa shape index (κ3) is 29.3. The van der Waals surface area contributed by atoms with E-state index in [1.165, 1.54) is 167 Å². The van der Waals surface area contributed by atoms with Gasteiger partial charge in [0.05, 0.1) is 0 Å². The van der Waals surface area contributed by atoms with Gasteiger partial charge < -0.3 is 5.11 Å². The van der Waals surface area contributed by atoms with Crippen molar-refractivity contribution in [2.45, 2.75) is 193 Å². The van der Waals surface area contributed by atoms with Gasteiger partial charge in [0.15, 0.2) is 0 Å². The van der Waals surface area contributed by atoms with Gasteiger partial charge in [-0.15, -0.1) is 0 Å². The molecule has 0 aliphatic heterocycles. The summed E-state index contributed by atoms with van der Waals surface area (Å²) in [5, 5.41) is 8.78. The molecule has 0 aliphatic rings. The van der Waals surface area contributed by atoms with E-state index < -0.39 is 5.97 Å². The van der Waals surface area contributed by atoms with Crippen molar-refractivity contribution in [2.75, 3.05) is 0 Å². The summed E-state index contributed by atoms with van der Waals surface area (Å²) < 4.78 is 0. The first-order valence-electron chi connectivity index (χ1n) is 16.1. The molecule has 0 unspecified atom stereocenters. The van der Waals surface area contributed by atoms with Crippen LogP contribution in [0.25, 0.3) is 0 Å². The standard InChI is InChI=1S/C33H64O2/c1-3-4-5-6-7-8-9-10-11-12-13-14-15-16-17-18-19-20-21-22-23-24-25-26-27-28-29-30-31-32(2)33(34)35/h2-31H2,1H3,(H,34,35). The Labute approximate surface area is 221 Å². The Morgan fingerprint density at radius 3 is 0.829 bits per heavy atom. The first-order valence-corrected chi connectivity index (χ1v) is 16.1. The monoisotopic (exact) mass is 492 g/mol. The molecule has 0 aliphatic carbocycles. The first-order chi connectivity index (χ1) is 17.2.